The van der Waals surface area contributed by atoms with E-state index in [2.05, 4.69) is 11.4 Å². The second-order valence-electron chi connectivity index (χ2n) is 7.57. The molecule has 1 aliphatic rings. The normalized spacial score (nSPS) is 15.2. The SMILES string of the molecule is Cc1cccn2c(/C=C(\C#N)C(=O)NC3CCCCC3)c(-c3ccccc3)nc12. The fourth-order valence-electron chi connectivity index (χ4n) is 3.96. The molecule has 29 heavy (non-hydrogen) atoms. The molecule has 1 amide bonds. The third kappa shape index (κ3) is 3.93. The summed E-state index contributed by atoms with van der Waals surface area (Å²) in [5, 5.41) is 12.7. The van der Waals surface area contributed by atoms with Gasteiger partial charge in [0, 0.05) is 17.8 Å². The van der Waals surface area contributed by atoms with Gasteiger partial charge in [0.25, 0.3) is 5.91 Å². The van der Waals surface area contributed by atoms with Crippen molar-refractivity contribution in [1.82, 2.24) is 14.7 Å². The van der Waals surface area contributed by atoms with Gasteiger partial charge < -0.3 is 5.32 Å². The molecule has 1 saturated carbocycles. The number of nitriles is 1. The van der Waals surface area contributed by atoms with Gasteiger partial charge >= 0.3 is 0 Å². The summed E-state index contributed by atoms with van der Waals surface area (Å²) in [5.41, 5.74) is 4.42. The summed E-state index contributed by atoms with van der Waals surface area (Å²) in [6.45, 7) is 2.01. The van der Waals surface area contributed by atoms with E-state index in [0.717, 1.165) is 53.8 Å². The predicted octanol–water partition coefficient (Wildman–Crippen LogP) is 4.67. The molecule has 0 saturated heterocycles. The first-order chi connectivity index (χ1) is 14.2. The fraction of sp³-hybridized carbons (Fsp3) is 0.292. The molecule has 5 nitrogen and oxygen atoms in total. The highest BCUT2D eigenvalue weighted by atomic mass is 16.1. The summed E-state index contributed by atoms with van der Waals surface area (Å²) in [5.74, 6) is -0.305. The van der Waals surface area contributed by atoms with Gasteiger partial charge in [0.2, 0.25) is 0 Å². The van der Waals surface area contributed by atoms with Gasteiger partial charge in [-0.05, 0) is 37.5 Å². The van der Waals surface area contributed by atoms with E-state index < -0.39 is 0 Å². The topological polar surface area (TPSA) is 70.2 Å². The van der Waals surface area contributed by atoms with Crippen LogP contribution in [0.15, 0.2) is 54.2 Å². The first-order valence-corrected chi connectivity index (χ1v) is 10.1. The van der Waals surface area contributed by atoms with Gasteiger partial charge in [-0.25, -0.2) is 4.98 Å². The molecule has 2 heterocycles. The third-order valence-corrected chi connectivity index (χ3v) is 5.52. The van der Waals surface area contributed by atoms with Crippen LogP contribution in [0.4, 0.5) is 0 Å². The number of hydrogen-bond donors (Lipinski definition) is 1. The summed E-state index contributed by atoms with van der Waals surface area (Å²) in [6.07, 6.45) is 9.02. The summed E-state index contributed by atoms with van der Waals surface area (Å²) < 4.78 is 1.95. The Labute approximate surface area is 170 Å². The molecule has 5 heteroatoms. The number of nitrogens with one attached hydrogen (secondary N) is 1. The number of hydrogen-bond acceptors (Lipinski definition) is 3. The predicted molar refractivity (Wildman–Crippen MR) is 114 cm³/mol. The number of pyridine rings is 1. The van der Waals surface area contributed by atoms with Crippen molar-refractivity contribution in [3.63, 3.8) is 0 Å². The second-order valence-corrected chi connectivity index (χ2v) is 7.57. The van der Waals surface area contributed by atoms with Gasteiger partial charge in [-0.1, -0.05) is 55.7 Å². The van der Waals surface area contributed by atoms with Gasteiger partial charge in [0.1, 0.15) is 17.3 Å². The van der Waals surface area contributed by atoms with Gasteiger partial charge in [-0.2, -0.15) is 5.26 Å². The molecule has 1 aromatic carbocycles. The van der Waals surface area contributed by atoms with E-state index in [4.69, 9.17) is 4.98 Å². The molecule has 146 valence electrons. The smallest absolute Gasteiger partial charge is 0.262 e. The Balaban J connectivity index is 1.78. The number of rotatable bonds is 4. The van der Waals surface area contributed by atoms with E-state index in [0.29, 0.717) is 0 Å². The van der Waals surface area contributed by atoms with Crippen LogP contribution >= 0.6 is 0 Å². The maximum absolute atomic E-state index is 12.8. The molecular weight excluding hydrogens is 360 g/mol. The van der Waals surface area contributed by atoms with Gasteiger partial charge in [-0.15, -0.1) is 0 Å². The molecule has 0 aliphatic heterocycles. The lowest BCUT2D eigenvalue weighted by atomic mass is 9.95. The van der Waals surface area contributed by atoms with Gasteiger partial charge in [0.15, 0.2) is 0 Å². The average molecular weight is 384 g/mol. The van der Waals surface area contributed by atoms with Crippen LogP contribution in [-0.4, -0.2) is 21.3 Å². The lowest BCUT2D eigenvalue weighted by Crippen LogP contribution is -2.36. The van der Waals surface area contributed by atoms with E-state index in [1.807, 2.05) is 60.0 Å². The molecule has 0 bridgehead atoms. The number of benzene rings is 1. The number of aryl methyl sites for hydroxylation is 1. The molecule has 0 spiro atoms. The van der Waals surface area contributed by atoms with Crippen LogP contribution in [0.3, 0.4) is 0 Å². The lowest BCUT2D eigenvalue weighted by molar-refractivity contribution is -0.117. The monoisotopic (exact) mass is 384 g/mol. The Morgan fingerprint density at radius 2 is 1.93 bits per heavy atom. The average Bonchev–Trinajstić information content (AvgIpc) is 3.13. The number of imidazole rings is 1. The zero-order valence-electron chi connectivity index (χ0n) is 16.6. The first-order valence-electron chi connectivity index (χ1n) is 10.1. The minimum atomic E-state index is -0.305. The van der Waals surface area contributed by atoms with E-state index in [1.165, 1.54) is 6.42 Å². The number of nitrogens with zero attached hydrogens (tertiary/aromatic N) is 3. The Morgan fingerprint density at radius 1 is 1.17 bits per heavy atom. The van der Waals surface area contributed by atoms with Crippen LogP contribution in [0.5, 0.6) is 0 Å². The molecule has 0 atom stereocenters. The van der Waals surface area contributed by atoms with Crippen LogP contribution in [0, 0.1) is 18.3 Å². The molecule has 2 aromatic heterocycles. The summed E-state index contributed by atoms with van der Waals surface area (Å²) in [7, 11) is 0. The quantitative estimate of drug-likeness (QED) is 0.525. The molecule has 3 aromatic rings. The van der Waals surface area contributed by atoms with E-state index >= 15 is 0 Å². The van der Waals surface area contributed by atoms with Crippen molar-refractivity contribution in [1.29, 1.82) is 5.26 Å². The Morgan fingerprint density at radius 3 is 2.66 bits per heavy atom. The van der Waals surface area contributed by atoms with Crippen LogP contribution < -0.4 is 5.32 Å². The number of carbonyl (C=O) groups is 1. The van der Waals surface area contributed by atoms with Crippen molar-refractivity contribution in [3.05, 3.63) is 65.5 Å². The zero-order valence-corrected chi connectivity index (χ0v) is 16.6. The zero-order chi connectivity index (χ0) is 20.2. The second kappa shape index (κ2) is 8.32. The standard InChI is InChI=1S/C24H24N4O/c1-17-9-8-14-28-21(22(27-23(17)28)18-10-4-2-5-11-18)15-19(16-25)24(29)26-20-12-6-3-7-13-20/h2,4-5,8-11,14-15,20H,3,6-7,12-13H2,1H3,(H,26,29)/b19-15+. The van der Waals surface area contributed by atoms with E-state index in [9.17, 15) is 10.1 Å². The number of carbonyl (C=O) groups excluding carboxylic acids is 1. The van der Waals surface area contributed by atoms with Crippen molar-refractivity contribution in [2.45, 2.75) is 45.1 Å². The highest BCUT2D eigenvalue weighted by Crippen LogP contribution is 2.27. The summed E-state index contributed by atoms with van der Waals surface area (Å²) >= 11 is 0. The van der Waals surface area contributed by atoms with Crippen LogP contribution in [0.25, 0.3) is 23.0 Å². The largest absolute Gasteiger partial charge is 0.349 e. The van der Waals surface area contributed by atoms with Crippen molar-refractivity contribution in [3.8, 4) is 17.3 Å². The minimum absolute atomic E-state index is 0.107. The molecular formula is C24H24N4O. The van der Waals surface area contributed by atoms with E-state index in [1.54, 1.807) is 6.08 Å². The molecule has 1 N–H and O–H groups in total. The third-order valence-electron chi connectivity index (χ3n) is 5.52. The summed E-state index contributed by atoms with van der Waals surface area (Å²) in [4.78, 5) is 17.6. The van der Waals surface area contributed by atoms with Gasteiger partial charge in [-0.3, -0.25) is 9.20 Å². The molecule has 4 rings (SSSR count). The Bertz CT molecular complexity index is 1100. The highest BCUT2D eigenvalue weighted by molar-refractivity contribution is 6.02. The minimum Gasteiger partial charge on any atom is -0.349 e. The Hall–Kier alpha value is -3.39. The van der Waals surface area contributed by atoms with Gasteiger partial charge in [0.05, 0.1) is 11.4 Å². The fourth-order valence-corrected chi connectivity index (χ4v) is 3.96. The number of aromatic nitrogens is 2. The van der Waals surface area contributed by atoms with Crippen LogP contribution in [0.2, 0.25) is 0 Å². The summed E-state index contributed by atoms with van der Waals surface area (Å²) in [6, 6.07) is 16.1. The molecule has 1 fully saturated rings. The van der Waals surface area contributed by atoms with Crippen molar-refractivity contribution >= 4 is 17.6 Å². The van der Waals surface area contributed by atoms with Crippen molar-refractivity contribution in [2.24, 2.45) is 0 Å². The first kappa shape index (κ1) is 18.9. The van der Waals surface area contributed by atoms with E-state index in [-0.39, 0.29) is 17.5 Å². The molecule has 0 radical (unpaired) electrons. The van der Waals surface area contributed by atoms with Crippen molar-refractivity contribution in [2.75, 3.05) is 0 Å². The molecule has 0 unspecified atom stereocenters. The van der Waals surface area contributed by atoms with Crippen LogP contribution in [0.1, 0.15) is 43.4 Å². The maximum Gasteiger partial charge on any atom is 0.262 e. The number of amides is 1. The maximum atomic E-state index is 12.8. The van der Waals surface area contributed by atoms with Crippen molar-refractivity contribution < 1.29 is 4.79 Å². The Kier molecular flexibility index (Phi) is 5.44. The van der Waals surface area contributed by atoms with Crippen LogP contribution in [-0.2, 0) is 4.79 Å². The lowest BCUT2D eigenvalue weighted by Gasteiger charge is -2.22. The highest BCUT2D eigenvalue weighted by Gasteiger charge is 2.20. The molecule has 1 aliphatic carbocycles. The number of fused-ring (bicyclic) bond motifs is 1.